The monoisotopic (exact) mass is 243 g/mol. The molecule has 1 aliphatic rings. The van der Waals surface area contributed by atoms with Crippen molar-refractivity contribution in [3.8, 4) is 10.4 Å². The highest BCUT2D eigenvalue weighted by atomic mass is 32.1. The first kappa shape index (κ1) is 11.0. The number of hydrogen-bond donors (Lipinski definition) is 1. The highest BCUT2D eigenvalue weighted by Crippen LogP contribution is 2.38. The summed E-state index contributed by atoms with van der Waals surface area (Å²) in [5.74, 6) is 0.654. The number of benzene rings is 1. The molecule has 1 aromatic heterocycles. The third-order valence-electron chi connectivity index (χ3n) is 3.47. The summed E-state index contributed by atoms with van der Waals surface area (Å²) in [4.78, 5) is 2.99. The van der Waals surface area contributed by atoms with Crippen LogP contribution in [0.15, 0.2) is 30.3 Å². The highest BCUT2D eigenvalue weighted by molar-refractivity contribution is 7.15. The number of thiophene rings is 1. The summed E-state index contributed by atoms with van der Waals surface area (Å²) >= 11 is 1.97. The van der Waals surface area contributed by atoms with Gasteiger partial charge < -0.3 is 5.32 Å². The number of aryl methyl sites for hydroxylation is 1. The van der Waals surface area contributed by atoms with Gasteiger partial charge in [0.05, 0.1) is 0 Å². The topological polar surface area (TPSA) is 12.0 Å². The first-order valence-electron chi connectivity index (χ1n) is 6.15. The van der Waals surface area contributed by atoms with Gasteiger partial charge in [0.15, 0.2) is 0 Å². The largest absolute Gasteiger partial charge is 0.312 e. The Bertz CT molecular complexity index is 542. The van der Waals surface area contributed by atoms with Gasteiger partial charge in [0, 0.05) is 28.8 Å². The molecule has 3 rings (SSSR count). The lowest BCUT2D eigenvalue weighted by Gasteiger charge is -2.18. The standard InChI is InChI=1S/C15H17NS/c1-10-5-3-4-6-13(10)14-7-12-9-16-8-11(2)15(12)17-14/h3-7,11,16H,8-9H2,1-2H3. The van der Waals surface area contributed by atoms with Gasteiger partial charge in [-0.05, 0) is 29.7 Å². The molecule has 17 heavy (non-hydrogen) atoms. The Morgan fingerprint density at radius 3 is 2.88 bits per heavy atom. The Labute approximate surface area is 106 Å². The van der Waals surface area contributed by atoms with Crippen molar-refractivity contribution in [2.75, 3.05) is 6.54 Å². The van der Waals surface area contributed by atoms with Crippen LogP contribution in [0.5, 0.6) is 0 Å². The van der Waals surface area contributed by atoms with Crippen LogP contribution in [0.1, 0.15) is 28.8 Å². The summed E-state index contributed by atoms with van der Waals surface area (Å²) < 4.78 is 0. The second-order valence-electron chi connectivity index (χ2n) is 4.85. The smallest absolute Gasteiger partial charge is 0.0351 e. The molecule has 1 N–H and O–H groups in total. The fraction of sp³-hybridized carbons (Fsp3) is 0.333. The second-order valence-corrected chi connectivity index (χ2v) is 5.93. The first-order valence-corrected chi connectivity index (χ1v) is 6.96. The summed E-state index contributed by atoms with van der Waals surface area (Å²) in [7, 11) is 0. The molecular weight excluding hydrogens is 226 g/mol. The molecule has 1 unspecified atom stereocenters. The van der Waals surface area contributed by atoms with Crippen molar-refractivity contribution >= 4 is 11.3 Å². The molecule has 1 atom stereocenters. The highest BCUT2D eigenvalue weighted by Gasteiger charge is 2.20. The fourth-order valence-corrected chi connectivity index (χ4v) is 3.82. The summed E-state index contributed by atoms with van der Waals surface area (Å²) in [6.07, 6.45) is 0. The molecule has 1 aliphatic heterocycles. The second kappa shape index (κ2) is 4.28. The maximum absolute atomic E-state index is 3.48. The molecule has 2 aromatic rings. The van der Waals surface area contributed by atoms with Crippen LogP contribution < -0.4 is 5.32 Å². The zero-order valence-corrected chi connectivity index (χ0v) is 11.1. The predicted octanol–water partition coefficient (Wildman–Crippen LogP) is 3.93. The summed E-state index contributed by atoms with van der Waals surface area (Å²) in [5.41, 5.74) is 4.25. The number of rotatable bonds is 1. The van der Waals surface area contributed by atoms with E-state index < -0.39 is 0 Å². The van der Waals surface area contributed by atoms with Gasteiger partial charge in [-0.3, -0.25) is 0 Å². The van der Waals surface area contributed by atoms with Crippen molar-refractivity contribution in [2.24, 2.45) is 0 Å². The molecule has 2 heterocycles. The third-order valence-corrected chi connectivity index (χ3v) is 4.91. The maximum Gasteiger partial charge on any atom is 0.0351 e. The molecule has 0 bridgehead atoms. The normalized spacial score (nSPS) is 19.1. The van der Waals surface area contributed by atoms with Crippen molar-refractivity contribution in [3.63, 3.8) is 0 Å². The van der Waals surface area contributed by atoms with Gasteiger partial charge >= 0.3 is 0 Å². The van der Waals surface area contributed by atoms with E-state index in [1.165, 1.54) is 21.6 Å². The quantitative estimate of drug-likeness (QED) is 0.800. The average Bonchev–Trinajstić information content (AvgIpc) is 2.75. The van der Waals surface area contributed by atoms with E-state index in [2.05, 4.69) is 49.5 Å². The molecule has 0 amide bonds. The minimum atomic E-state index is 0.654. The molecule has 1 nitrogen and oxygen atoms in total. The summed E-state index contributed by atoms with van der Waals surface area (Å²) in [6, 6.07) is 11.0. The molecular formula is C15H17NS. The minimum absolute atomic E-state index is 0.654. The number of nitrogens with one attached hydrogen (secondary N) is 1. The van der Waals surface area contributed by atoms with Gasteiger partial charge in [0.2, 0.25) is 0 Å². The fourth-order valence-electron chi connectivity index (χ4n) is 2.50. The summed E-state index contributed by atoms with van der Waals surface area (Å²) in [5, 5.41) is 3.48. The van der Waals surface area contributed by atoms with Crippen LogP contribution in [0.4, 0.5) is 0 Å². The van der Waals surface area contributed by atoms with Crippen molar-refractivity contribution in [3.05, 3.63) is 46.3 Å². The first-order chi connectivity index (χ1) is 8.25. The molecule has 0 saturated carbocycles. The van der Waals surface area contributed by atoms with E-state index in [9.17, 15) is 0 Å². The molecule has 0 saturated heterocycles. The van der Waals surface area contributed by atoms with Crippen LogP contribution in [0.2, 0.25) is 0 Å². The Balaban J connectivity index is 2.08. The van der Waals surface area contributed by atoms with Gasteiger partial charge in [-0.25, -0.2) is 0 Å². The van der Waals surface area contributed by atoms with Crippen LogP contribution in [-0.2, 0) is 6.54 Å². The SMILES string of the molecule is Cc1ccccc1-c1cc2c(s1)C(C)CNC2. The Kier molecular flexibility index (Phi) is 2.77. The number of hydrogen-bond acceptors (Lipinski definition) is 2. The van der Waals surface area contributed by atoms with Crippen molar-refractivity contribution in [1.82, 2.24) is 5.32 Å². The van der Waals surface area contributed by atoms with Gasteiger partial charge in [-0.2, -0.15) is 0 Å². The molecule has 0 spiro atoms. The Morgan fingerprint density at radius 1 is 1.29 bits per heavy atom. The van der Waals surface area contributed by atoms with E-state index in [-0.39, 0.29) is 0 Å². The van der Waals surface area contributed by atoms with Crippen LogP contribution in [0, 0.1) is 6.92 Å². The van der Waals surface area contributed by atoms with Gasteiger partial charge in [0.25, 0.3) is 0 Å². The summed E-state index contributed by atoms with van der Waals surface area (Å²) in [6.45, 7) is 6.64. The van der Waals surface area contributed by atoms with E-state index >= 15 is 0 Å². The van der Waals surface area contributed by atoms with E-state index in [1.807, 2.05) is 11.3 Å². The molecule has 0 aliphatic carbocycles. The number of fused-ring (bicyclic) bond motifs is 1. The maximum atomic E-state index is 3.48. The van der Waals surface area contributed by atoms with Gasteiger partial charge in [-0.1, -0.05) is 31.2 Å². The van der Waals surface area contributed by atoms with E-state index in [1.54, 1.807) is 4.88 Å². The molecule has 0 fully saturated rings. The lowest BCUT2D eigenvalue weighted by Crippen LogP contribution is -2.24. The van der Waals surface area contributed by atoms with Gasteiger partial charge in [-0.15, -0.1) is 11.3 Å². The lowest BCUT2D eigenvalue weighted by molar-refractivity contribution is 0.581. The van der Waals surface area contributed by atoms with Crippen molar-refractivity contribution in [1.29, 1.82) is 0 Å². The van der Waals surface area contributed by atoms with Gasteiger partial charge in [0.1, 0.15) is 0 Å². The lowest BCUT2D eigenvalue weighted by atomic mass is 10.0. The zero-order chi connectivity index (χ0) is 11.8. The van der Waals surface area contributed by atoms with Crippen LogP contribution >= 0.6 is 11.3 Å². The predicted molar refractivity (Wildman–Crippen MR) is 74.6 cm³/mol. The van der Waals surface area contributed by atoms with Crippen molar-refractivity contribution < 1.29 is 0 Å². The Hall–Kier alpha value is -1.12. The molecule has 0 radical (unpaired) electrons. The third kappa shape index (κ3) is 1.92. The zero-order valence-electron chi connectivity index (χ0n) is 10.3. The van der Waals surface area contributed by atoms with E-state index in [0.717, 1.165) is 13.1 Å². The molecule has 1 aromatic carbocycles. The molecule has 2 heteroatoms. The van der Waals surface area contributed by atoms with Crippen molar-refractivity contribution in [2.45, 2.75) is 26.3 Å². The minimum Gasteiger partial charge on any atom is -0.312 e. The Morgan fingerprint density at radius 2 is 2.12 bits per heavy atom. The van der Waals surface area contributed by atoms with Crippen LogP contribution in [0.3, 0.4) is 0 Å². The van der Waals surface area contributed by atoms with E-state index in [0.29, 0.717) is 5.92 Å². The average molecular weight is 243 g/mol. The molecule has 88 valence electrons. The van der Waals surface area contributed by atoms with E-state index in [4.69, 9.17) is 0 Å². The van der Waals surface area contributed by atoms with Crippen LogP contribution in [0.25, 0.3) is 10.4 Å². The van der Waals surface area contributed by atoms with Crippen LogP contribution in [-0.4, -0.2) is 6.54 Å².